The first-order valence-corrected chi connectivity index (χ1v) is 6.47. The molecule has 0 aliphatic carbocycles. The number of aryl methyl sites for hydroxylation is 1. The Balaban J connectivity index is 2.21. The van der Waals surface area contributed by atoms with E-state index < -0.39 is 0 Å². The second-order valence-corrected chi connectivity index (χ2v) is 5.77. The number of likely N-dealkylation sites (tertiary alicyclic amines) is 1. The van der Waals surface area contributed by atoms with E-state index in [-0.39, 0.29) is 11.3 Å². The van der Waals surface area contributed by atoms with E-state index in [9.17, 15) is 4.79 Å². The van der Waals surface area contributed by atoms with Crippen molar-refractivity contribution in [3.8, 4) is 0 Å². The minimum absolute atomic E-state index is 0.0735. The van der Waals surface area contributed by atoms with Gasteiger partial charge in [0.15, 0.2) is 0 Å². The molecular formula is C14H21N3O. The van der Waals surface area contributed by atoms with Crippen LogP contribution in [0.4, 0.5) is 5.82 Å². The number of anilines is 1. The molecular weight excluding hydrogens is 226 g/mol. The van der Waals surface area contributed by atoms with E-state index in [4.69, 9.17) is 5.73 Å². The maximum Gasteiger partial charge on any atom is 0.254 e. The SMILES string of the molecule is CCc1cc(C(=O)N2CCC(C)(C)C2)cc(N)n1. The fourth-order valence-electron chi connectivity index (χ4n) is 2.38. The Morgan fingerprint density at radius 1 is 1.50 bits per heavy atom. The van der Waals surface area contributed by atoms with Crippen molar-refractivity contribution in [2.24, 2.45) is 5.41 Å². The van der Waals surface area contributed by atoms with Gasteiger partial charge in [0, 0.05) is 24.3 Å². The lowest BCUT2D eigenvalue weighted by Crippen LogP contribution is -2.30. The summed E-state index contributed by atoms with van der Waals surface area (Å²) in [6.45, 7) is 8.04. The van der Waals surface area contributed by atoms with Crippen molar-refractivity contribution in [1.29, 1.82) is 0 Å². The molecule has 2 N–H and O–H groups in total. The van der Waals surface area contributed by atoms with Gasteiger partial charge in [0.05, 0.1) is 0 Å². The van der Waals surface area contributed by atoms with Crippen molar-refractivity contribution in [3.63, 3.8) is 0 Å². The molecule has 4 heteroatoms. The summed E-state index contributed by atoms with van der Waals surface area (Å²) in [5.74, 6) is 0.500. The van der Waals surface area contributed by atoms with Gasteiger partial charge >= 0.3 is 0 Å². The van der Waals surface area contributed by atoms with Crippen LogP contribution in [0.15, 0.2) is 12.1 Å². The number of hydrogen-bond acceptors (Lipinski definition) is 3. The van der Waals surface area contributed by atoms with Gasteiger partial charge in [-0.3, -0.25) is 4.79 Å². The van der Waals surface area contributed by atoms with E-state index in [1.807, 2.05) is 17.9 Å². The minimum atomic E-state index is 0.0735. The molecule has 0 radical (unpaired) electrons. The summed E-state index contributed by atoms with van der Waals surface area (Å²) in [5, 5.41) is 0. The van der Waals surface area contributed by atoms with Gasteiger partial charge in [-0.2, -0.15) is 0 Å². The lowest BCUT2D eigenvalue weighted by Gasteiger charge is -2.20. The van der Waals surface area contributed by atoms with Crippen LogP contribution in [0.3, 0.4) is 0 Å². The molecule has 1 aromatic rings. The first-order chi connectivity index (χ1) is 8.41. The van der Waals surface area contributed by atoms with Gasteiger partial charge in [-0.05, 0) is 30.4 Å². The van der Waals surface area contributed by atoms with Crippen LogP contribution in [0.2, 0.25) is 0 Å². The van der Waals surface area contributed by atoms with Crippen molar-refractivity contribution in [2.45, 2.75) is 33.6 Å². The van der Waals surface area contributed by atoms with Crippen LogP contribution >= 0.6 is 0 Å². The molecule has 1 amide bonds. The highest BCUT2D eigenvalue weighted by molar-refractivity contribution is 5.95. The van der Waals surface area contributed by atoms with Gasteiger partial charge in [0.1, 0.15) is 5.82 Å². The smallest absolute Gasteiger partial charge is 0.254 e. The minimum Gasteiger partial charge on any atom is -0.384 e. The molecule has 0 atom stereocenters. The molecule has 0 unspecified atom stereocenters. The number of nitrogen functional groups attached to an aromatic ring is 1. The number of rotatable bonds is 2. The molecule has 18 heavy (non-hydrogen) atoms. The van der Waals surface area contributed by atoms with Crippen molar-refractivity contribution >= 4 is 11.7 Å². The first-order valence-electron chi connectivity index (χ1n) is 6.47. The Morgan fingerprint density at radius 2 is 2.22 bits per heavy atom. The molecule has 1 fully saturated rings. The van der Waals surface area contributed by atoms with Crippen LogP contribution in [-0.2, 0) is 6.42 Å². The molecule has 4 nitrogen and oxygen atoms in total. The maximum absolute atomic E-state index is 12.4. The van der Waals surface area contributed by atoms with Gasteiger partial charge in [-0.1, -0.05) is 20.8 Å². The van der Waals surface area contributed by atoms with E-state index in [0.717, 1.165) is 31.6 Å². The third kappa shape index (κ3) is 2.63. The zero-order valence-corrected chi connectivity index (χ0v) is 11.4. The van der Waals surface area contributed by atoms with Crippen LogP contribution in [0.1, 0.15) is 43.2 Å². The molecule has 1 aliphatic rings. The quantitative estimate of drug-likeness (QED) is 0.870. The van der Waals surface area contributed by atoms with Gasteiger partial charge in [-0.15, -0.1) is 0 Å². The van der Waals surface area contributed by atoms with Crippen LogP contribution < -0.4 is 5.73 Å². The fraction of sp³-hybridized carbons (Fsp3) is 0.571. The number of carbonyl (C=O) groups is 1. The molecule has 1 saturated heterocycles. The molecule has 0 spiro atoms. The zero-order chi connectivity index (χ0) is 13.3. The largest absolute Gasteiger partial charge is 0.384 e. The number of hydrogen-bond donors (Lipinski definition) is 1. The van der Waals surface area contributed by atoms with E-state index in [1.54, 1.807) is 6.07 Å². The van der Waals surface area contributed by atoms with Gasteiger partial charge in [-0.25, -0.2) is 4.98 Å². The average molecular weight is 247 g/mol. The summed E-state index contributed by atoms with van der Waals surface area (Å²) in [7, 11) is 0. The Kier molecular flexibility index (Phi) is 3.28. The standard InChI is InChI=1S/C14H21N3O/c1-4-11-7-10(8-12(15)16-11)13(18)17-6-5-14(2,3)9-17/h7-8H,4-6,9H2,1-3H3,(H2,15,16). The van der Waals surface area contributed by atoms with Crippen molar-refractivity contribution < 1.29 is 4.79 Å². The number of aromatic nitrogens is 1. The van der Waals surface area contributed by atoms with Gasteiger partial charge in [0.25, 0.3) is 5.91 Å². The molecule has 98 valence electrons. The van der Waals surface area contributed by atoms with E-state index in [2.05, 4.69) is 18.8 Å². The third-order valence-electron chi connectivity index (χ3n) is 3.47. The predicted molar refractivity (Wildman–Crippen MR) is 72.3 cm³/mol. The zero-order valence-electron chi connectivity index (χ0n) is 11.4. The highest BCUT2D eigenvalue weighted by Crippen LogP contribution is 2.29. The summed E-state index contributed by atoms with van der Waals surface area (Å²) in [6, 6.07) is 3.52. The molecule has 0 bridgehead atoms. The van der Waals surface area contributed by atoms with E-state index >= 15 is 0 Å². The third-order valence-corrected chi connectivity index (χ3v) is 3.47. The maximum atomic E-state index is 12.4. The van der Waals surface area contributed by atoms with Crippen molar-refractivity contribution in [3.05, 3.63) is 23.4 Å². The average Bonchev–Trinajstić information content (AvgIpc) is 2.67. The highest BCUT2D eigenvalue weighted by Gasteiger charge is 2.32. The lowest BCUT2D eigenvalue weighted by molar-refractivity contribution is 0.0778. The van der Waals surface area contributed by atoms with E-state index in [0.29, 0.717) is 11.4 Å². The summed E-state index contributed by atoms with van der Waals surface area (Å²) in [6.07, 6.45) is 1.84. The van der Waals surface area contributed by atoms with Crippen molar-refractivity contribution in [1.82, 2.24) is 9.88 Å². The Bertz CT molecular complexity index is 468. The number of amides is 1. The lowest BCUT2D eigenvalue weighted by atomic mass is 9.93. The van der Waals surface area contributed by atoms with E-state index in [1.165, 1.54) is 0 Å². The monoisotopic (exact) mass is 247 g/mol. The van der Waals surface area contributed by atoms with Crippen LogP contribution in [-0.4, -0.2) is 28.9 Å². The van der Waals surface area contributed by atoms with Gasteiger partial charge in [0.2, 0.25) is 0 Å². The van der Waals surface area contributed by atoms with Crippen molar-refractivity contribution in [2.75, 3.05) is 18.8 Å². The Hall–Kier alpha value is -1.58. The summed E-state index contributed by atoms with van der Waals surface area (Å²) in [4.78, 5) is 18.5. The van der Waals surface area contributed by atoms with Crippen LogP contribution in [0.25, 0.3) is 0 Å². The Labute approximate surface area is 108 Å². The molecule has 0 aromatic carbocycles. The predicted octanol–water partition coefficient (Wildman–Crippen LogP) is 2.10. The second kappa shape index (κ2) is 4.59. The normalized spacial score (nSPS) is 18.1. The molecule has 1 aliphatic heterocycles. The summed E-state index contributed by atoms with van der Waals surface area (Å²) < 4.78 is 0. The molecule has 0 saturated carbocycles. The topological polar surface area (TPSA) is 59.2 Å². The molecule has 1 aromatic heterocycles. The number of carbonyl (C=O) groups excluding carboxylic acids is 1. The number of nitrogens with zero attached hydrogens (tertiary/aromatic N) is 2. The second-order valence-electron chi connectivity index (χ2n) is 5.77. The first kappa shape index (κ1) is 12.9. The fourth-order valence-corrected chi connectivity index (χ4v) is 2.38. The molecule has 2 heterocycles. The van der Waals surface area contributed by atoms with Crippen LogP contribution in [0.5, 0.6) is 0 Å². The summed E-state index contributed by atoms with van der Waals surface area (Å²) in [5.41, 5.74) is 7.50. The Morgan fingerprint density at radius 3 is 2.78 bits per heavy atom. The molecule has 2 rings (SSSR count). The van der Waals surface area contributed by atoms with Gasteiger partial charge < -0.3 is 10.6 Å². The summed E-state index contributed by atoms with van der Waals surface area (Å²) >= 11 is 0. The number of nitrogens with two attached hydrogens (primary N) is 1. The number of pyridine rings is 1. The van der Waals surface area contributed by atoms with Crippen LogP contribution in [0, 0.1) is 5.41 Å². The highest BCUT2D eigenvalue weighted by atomic mass is 16.2.